The molecule has 13 heteroatoms. The summed E-state index contributed by atoms with van der Waals surface area (Å²) in [7, 11) is -4.31. The van der Waals surface area contributed by atoms with Crippen molar-refractivity contribution in [1.82, 2.24) is 15.5 Å². The summed E-state index contributed by atoms with van der Waals surface area (Å²) in [6.07, 6.45) is 0.872. The monoisotopic (exact) mass is 631 g/mol. The topological polar surface area (TPSA) is 133 Å². The van der Waals surface area contributed by atoms with Gasteiger partial charge in [0.15, 0.2) is 5.60 Å². The molecule has 0 aromatic heterocycles. The molecule has 2 aliphatic carbocycles. The largest absolute Gasteiger partial charge is 0.372 e. The van der Waals surface area contributed by atoms with Gasteiger partial charge in [0.25, 0.3) is 11.8 Å². The van der Waals surface area contributed by atoms with E-state index in [-0.39, 0.29) is 36.3 Å². The van der Waals surface area contributed by atoms with Crippen molar-refractivity contribution in [2.24, 2.45) is 11.8 Å². The standard InChI is InChI=1S/C31H32F3N3O6S/c1-44(42,43)25(32)15-18(14-17-12-13-35-27(17)38)36-28(39)26-24-11-10-19(16-30(24,33)34)37(26)29(40)31(41)22-8-4-2-6-20(22)21-7-3-5-9-23(21)31/h2-9,15,17-19,24,26,41H,10-14,16H2,1H3,(H,35,38)(H,36,39)/b25-15+/t17-,18+,19+,24+,26-/m1/s1. The number of piperidine rings is 2. The summed E-state index contributed by atoms with van der Waals surface area (Å²) in [5.41, 5.74) is -0.529. The summed E-state index contributed by atoms with van der Waals surface area (Å²) in [6, 6.07) is 9.27. The molecule has 7 rings (SSSR count). The zero-order chi connectivity index (χ0) is 31.6. The number of rotatable bonds is 7. The number of hydrogen-bond acceptors (Lipinski definition) is 6. The molecule has 4 fully saturated rings. The van der Waals surface area contributed by atoms with Crippen molar-refractivity contribution in [3.8, 4) is 11.1 Å². The van der Waals surface area contributed by atoms with Crippen LogP contribution in [0.1, 0.15) is 43.2 Å². The summed E-state index contributed by atoms with van der Waals surface area (Å²) in [5.74, 6) is -7.94. The van der Waals surface area contributed by atoms with Crippen LogP contribution in [0.3, 0.4) is 0 Å². The molecule has 9 nitrogen and oxygen atoms in total. The number of benzene rings is 2. The van der Waals surface area contributed by atoms with Gasteiger partial charge < -0.3 is 20.6 Å². The zero-order valence-electron chi connectivity index (χ0n) is 23.8. The molecule has 2 bridgehead atoms. The maximum absolute atomic E-state index is 15.4. The highest BCUT2D eigenvalue weighted by atomic mass is 32.2. The van der Waals surface area contributed by atoms with Crippen LogP contribution in [0.15, 0.2) is 59.8 Å². The average Bonchev–Trinajstić information content (AvgIpc) is 3.50. The molecule has 3 amide bonds. The molecule has 3 saturated heterocycles. The Hall–Kier alpha value is -3.71. The molecule has 0 unspecified atom stereocenters. The Morgan fingerprint density at radius 3 is 2.25 bits per heavy atom. The Morgan fingerprint density at radius 2 is 1.70 bits per heavy atom. The first-order valence-corrected chi connectivity index (χ1v) is 16.4. The van der Waals surface area contributed by atoms with Crippen molar-refractivity contribution < 1.29 is 41.1 Å². The molecule has 2 aromatic rings. The normalized spacial score (nSPS) is 27.3. The van der Waals surface area contributed by atoms with Crippen molar-refractivity contribution >= 4 is 27.6 Å². The lowest BCUT2D eigenvalue weighted by molar-refractivity contribution is -0.201. The predicted molar refractivity (Wildman–Crippen MR) is 153 cm³/mol. The number of hydrogen-bond donors (Lipinski definition) is 3. The molecule has 0 spiro atoms. The maximum Gasteiger partial charge on any atom is 0.264 e. The molecule has 3 N–H and O–H groups in total. The SMILES string of the molecule is CS(=O)(=O)/C(F)=C/[C@H](C[C@H]1CCNC1=O)NC(=O)[C@H]1[C@@H]2CC[C@@H](CC2(F)F)N1C(=O)C1(O)c2ccccc2-c2ccccc21. The number of nitrogens with one attached hydrogen (secondary N) is 2. The van der Waals surface area contributed by atoms with Gasteiger partial charge in [-0.15, -0.1) is 0 Å². The maximum atomic E-state index is 15.4. The molecule has 234 valence electrons. The lowest BCUT2D eigenvalue weighted by Crippen LogP contribution is -2.70. The molecule has 44 heavy (non-hydrogen) atoms. The lowest BCUT2D eigenvalue weighted by Gasteiger charge is -2.55. The highest BCUT2D eigenvalue weighted by Crippen LogP contribution is 2.53. The predicted octanol–water partition coefficient (Wildman–Crippen LogP) is 2.78. The van der Waals surface area contributed by atoms with E-state index in [0.717, 1.165) is 4.90 Å². The molecule has 2 aromatic carbocycles. The van der Waals surface area contributed by atoms with Gasteiger partial charge in [-0.2, -0.15) is 4.39 Å². The van der Waals surface area contributed by atoms with Crippen LogP contribution in [-0.2, 0) is 29.8 Å². The van der Waals surface area contributed by atoms with E-state index in [4.69, 9.17) is 0 Å². The summed E-state index contributed by atoms with van der Waals surface area (Å²) >= 11 is 0. The van der Waals surface area contributed by atoms with Gasteiger partial charge in [-0.05, 0) is 42.9 Å². The number of nitrogens with zero attached hydrogens (tertiary/aromatic N) is 1. The number of aliphatic hydroxyl groups is 1. The number of fused-ring (bicyclic) bond motifs is 6. The zero-order valence-corrected chi connectivity index (χ0v) is 24.6. The fourth-order valence-corrected chi connectivity index (χ4v) is 7.73. The first-order chi connectivity index (χ1) is 20.7. The van der Waals surface area contributed by atoms with Gasteiger partial charge >= 0.3 is 0 Å². The fourth-order valence-electron chi connectivity index (χ4n) is 7.32. The molecule has 5 aliphatic rings. The van der Waals surface area contributed by atoms with Gasteiger partial charge in [-0.1, -0.05) is 48.5 Å². The summed E-state index contributed by atoms with van der Waals surface area (Å²) in [6.45, 7) is 0.338. The summed E-state index contributed by atoms with van der Waals surface area (Å²) in [4.78, 5) is 41.8. The highest BCUT2D eigenvalue weighted by molar-refractivity contribution is 7.94. The van der Waals surface area contributed by atoms with Gasteiger partial charge in [0.1, 0.15) is 6.04 Å². The number of halogens is 3. The van der Waals surface area contributed by atoms with Crippen molar-refractivity contribution in [2.45, 2.75) is 61.8 Å². The molecular weight excluding hydrogens is 599 g/mol. The minimum absolute atomic E-state index is 0.0750. The minimum atomic E-state index is -4.31. The molecular formula is C31H32F3N3O6S. The van der Waals surface area contributed by atoms with E-state index in [2.05, 4.69) is 10.6 Å². The van der Waals surface area contributed by atoms with Crippen LogP contribution in [-0.4, -0.2) is 73.0 Å². The van der Waals surface area contributed by atoms with Gasteiger partial charge in [0, 0.05) is 42.3 Å². The van der Waals surface area contributed by atoms with E-state index >= 15 is 8.78 Å². The van der Waals surface area contributed by atoms with Gasteiger partial charge in [0.05, 0.1) is 12.0 Å². The van der Waals surface area contributed by atoms with E-state index in [1.165, 1.54) is 0 Å². The third-order valence-electron chi connectivity index (χ3n) is 9.39. The van der Waals surface area contributed by atoms with Crippen LogP contribution in [0.2, 0.25) is 0 Å². The van der Waals surface area contributed by atoms with Crippen LogP contribution in [0.4, 0.5) is 13.2 Å². The first-order valence-electron chi connectivity index (χ1n) is 14.5. The molecule has 3 aliphatic heterocycles. The second kappa shape index (κ2) is 10.7. The quantitative estimate of drug-likeness (QED) is 0.431. The summed E-state index contributed by atoms with van der Waals surface area (Å²) < 4.78 is 69.1. The van der Waals surface area contributed by atoms with Crippen LogP contribution in [0.5, 0.6) is 0 Å². The van der Waals surface area contributed by atoms with Crippen molar-refractivity contribution in [3.63, 3.8) is 0 Å². The van der Waals surface area contributed by atoms with Gasteiger partial charge in [-0.25, -0.2) is 17.2 Å². The third-order valence-corrected chi connectivity index (χ3v) is 10.2. The van der Waals surface area contributed by atoms with Crippen LogP contribution < -0.4 is 10.6 Å². The average molecular weight is 632 g/mol. The summed E-state index contributed by atoms with van der Waals surface area (Å²) in [5, 5.41) is 15.8. The first kappa shape index (κ1) is 30.3. The van der Waals surface area contributed by atoms with Crippen LogP contribution in [0.25, 0.3) is 11.1 Å². The lowest BCUT2D eigenvalue weighted by atomic mass is 9.70. The van der Waals surface area contributed by atoms with Crippen molar-refractivity contribution in [1.29, 1.82) is 0 Å². The molecule has 0 radical (unpaired) electrons. The molecule has 1 saturated carbocycles. The Morgan fingerprint density at radius 1 is 1.09 bits per heavy atom. The van der Waals surface area contributed by atoms with E-state index in [1.807, 2.05) is 0 Å². The van der Waals surface area contributed by atoms with E-state index in [9.17, 15) is 32.3 Å². The number of carbonyl (C=O) groups excluding carboxylic acids is 3. The van der Waals surface area contributed by atoms with Crippen LogP contribution in [0, 0.1) is 11.8 Å². The van der Waals surface area contributed by atoms with E-state index in [0.29, 0.717) is 36.4 Å². The second-order valence-electron chi connectivity index (χ2n) is 12.1. The molecule has 5 atom stereocenters. The van der Waals surface area contributed by atoms with E-state index < -0.39 is 74.7 Å². The van der Waals surface area contributed by atoms with Crippen molar-refractivity contribution in [2.75, 3.05) is 12.8 Å². The number of sulfone groups is 1. The Kier molecular flexibility index (Phi) is 7.39. The van der Waals surface area contributed by atoms with Gasteiger partial charge in [0.2, 0.25) is 26.8 Å². The third kappa shape index (κ3) is 4.90. The van der Waals surface area contributed by atoms with Gasteiger partial charge in [-0.3, -0.25) is 14.4 Å². The van der Waals surface area contributed by atoms with Crippen LogP contribution >= 0.6 is 0 Å². The smallest absolute Gasteiger partial charge is 0.264 e. The van der Waals surface area contributed by atoms with E-state index in [1.54, 1.807) is 48.5 Å². The fraction of sp³-hybridized carbons (Fsp3) is 0.452. The Labute approximate surface area is 252 Å². The second-order valence-corrected chi connectivity index (χ2v) is 14.1. The number of alkyl halides is 2. The minimum Gasteiger partial charge on any atom is -0.372 e. The van der Waals surface area contributed by atoms with Crippen molar-refractivity contribution in [3.05, 3.63) is 70.9 Å². The Balaban J connectivity index is 1.39. The number of carbonyl (C=O) groups is 3. The number of amides is 3. The molecule has 3 heterocycles. The Bertz CT molecular complexity index is 1630. The highest BCUT2D eigenvalue weighted by Gasteiger charge is 2.63.